The molecular weight excluding hydrogens is 566 g/mol. The maximum absolute atomic E-state index is 13.3. The first-order valence-electron chi connectivity index (χ1n) is 9.77. The van der Waals surface area contributed by atoms with Crippen molar-refractivity contribution in [2.24, 2.45) is 5.10 Å². The van der Waals surface area contributed by atoms with Crippen molar-refractivity contribution in [3.63, 3.8) is 0 Å². The van der Waals surface area contributed by atoms with E-state index in [0.29, 0.717) is 31.8 Å². The first-order valence-corrected chi connectivity index (χ1v) is 11.7. The summed E-state index contributed by atoms with van der Waals surface area (Å²) in [6.07, 6.45) is 1.08. The lowest BCUT2D eigenvalue weighted by molar-refractivity contribution is -0.144. The predicted molar refractivity (Wildman–Crippen MR) is 132 cm³/mol. The summed E-state index contributed by atoms with van der Waals surface area (Å²) >= 11 is 12.9. The Labute approximate surface area is 206 Å². The van der Waals surface area contributed by atoms with Crippen LogP contribution in [0.2, 0.25) is 5.02 Å². The standard InChI is InChI=1S/C22H20Br2ClN3O4/c1-4-11(2)20-27-18-6-5-14(23)8-16(18)21(29)28(20)26-10-13-7-15(25)9-17(24)19(13)32-12(3)22(30)31/h5-12H,4H2,1-3H3,(H,30,31)/t11-,12+/m0/s1. The number of fused-ring (bicyclic) bond motifs is 1. The summed E-state index contributed by atoms with van der Waals surface area (Å²) in [6.45, 7) is 5.39. The second-order valence-corrected chi connectivity index (χ2v) is 9.41. The highest BCUT2D eigenvalue weighted by Gasteiger charge is 2.19. The lowest BCUT2D eigenvalue weighted by atomic mass is 10.1. The average molecular weight is 586 g/mol. The summed E-state index contributed by atoms with van der Waals surface area (Å²) in [6, 6.07) is 8.50. The minimum atomic E-state index is -1.12. The van der Waals surface area contributed by atoms with Gasteiger partial charge in [-0.05, 0) is 59.6 Å². The second-order valence-electron chi connectivity index (χ2n) is 7.21. The molecule has 1 N–H and O–H groups in total. The van der Waals surface area contributed by atoms with Gasteiger partial charge < -0.3 is 9.84 Å². The van der Waals surface area contributed by atoms with Crippen LogP contribution in [-0.4, -0.2) is 33.1 Å². The van der Waals surface area contributed by atoms with Gasteiger partial charge >= 0.3 is 5.97 Å². The Morgan fingerprint density at radius 1 is 1.31 bits per heavy atom. The predicted octanol–water partition coefficient (Wildman–Crippen LogP) is 5.82. The summed E-state index contributed by atoms with van der Waals surface area (Å²) in [5.74, 6) is -0.371. The normalized spacial score (nSPS) is 13.4. The summed E-state index contributed by atoms with van der Waals surface area (Å²) < 4.78 is 8.08. The first kappa shape index (κ1) is 24.4. The third-order valence-electron chi connectivity index (χ3n) is 4.88. The van der Waals surface area contributed by atoms with E-state index in [4.69, 9.17) is 16.3 Å². The van der Waals surface area contributed by atoms with E-state index in [1.165, 1.54) is 17.8 Å². The molecule has 0 fully saturated rings. The lowest BCUT2D eigenvalue weighted by Crippen LogP contribution is -2.24. The van der Waals surface area contributed by atoms with E-state index < -0.39 is 12.1 Å². The monoisotopic (exact) mass is 583 g/mol. The molecule has 0 saturated heterocycles. The Bertz CT molecular complexity index is 1280. The van der Waals surface area contributed by atoms with E-state index in [1.807, 2.05) is 19.9 Å². The Balaban J connectivity index is 2.19. The van der Waals surface area contributed by atoms with Crippen LogP contribution in [0.3, 0.4) is 0 Å². The molecule has 3 aromatic rings. The van der Waals surface area contributed by atoms with E-state index in [9.17, 15) is 14.7 Å². The van der Waals surface area contributed by atoms with E-state index >= 15 is 0 Å². The minimum absolute atomic E-state index is 0.0262. The quantitative estimate of drug-likeness (QED) is 0.353. The number of hydrogen-bond donors (Lipinski definition) is 1. The van der Waals surface area contributed by atoms with Gasteiger partial charge in [0.25, 0.3) is 5.56 Å². The van der Waals surface area contributed by atoms with Crippen LogP contribution in [0.15, 0.2) is 49.2 Å². The van der Waals surface area contributed by atoms with Gasteiger partial charge in [0, 0.05) is 21.0 Å². The van der Waals surface area contributed by atoms with Crippen molar-refractivity contribution in [2.45, 2.75) is 39.2 Å². The van der Waals surface area contributed by atoms with Crippen LogP contribution in [0, 0.1) is 0 Å². The molecular formula is C22H20Br2ClN3O4. The highest BCUT2D eigenvalue weighted by molar-refractivity contribution is 9.10. The maximum atomic E-state index is 13.3. The van der Waals surface area contributed by atoms with Gasteiger partial charge in [-0.3, -0.25) is 4.79 Å². The van der Waals surface area contributed by atoms with Crippen molar-refractivity contribution < 1.29 is 14.6 Å². The van der Waals surface area contributed by atoms with Gasteiger partial charge in [-0.1, -0.05) is 41.4 Å². The fourth-order valence-electron chi connectivity index (χ4n) is 2.93. The molecule has 3 rings (SSSR count). The molecule has 0 saturated carbocycles. The van der Waals surface area contributed by atoms with Crippen molar-refractivity contribution in [1.29, 1.82) is 0 Å². The molecule has 1 aromatic heterocycles. The number of rotatable bonds is 7. The van der Waals surface area contributed by atoms with Crippen molar-refractivity contribution in [2.75, 3.05) is 0 Å². The summed E-state index contributed by atoms with van der Waals surface area (Å²) in [4.78, 5) is 29.2. The third-order valence-corrected chi connectivity index (χ3v) is 6.18. The number of carbonyl (C=O) groups is 1. The summed E-state index contributed by atoms with van der Waals surface area (Å²) in [5.41, 5.74) is 0.684. The number of nitrogens with zero attached hydrogens (tertiary/aromatic N) is 3. The number of carboxylic acids is 1. The van der Waals surface area contributed by atoms with Gasteiger partial charge in [-0.25, -0.2) is 9.78 Å². The fraction of sp³-hybridized carbons (Fsp3) is 0.273. The molecule has 2 atom stereocenters. The molecule has 10 heteroatoms. The third kappa shape index (κ3) is 5.22. The second kappa shape index (κ2) is 10.1. The SMILES string of the molecule is CC[C@H](C)c1nc2ccc(Br)cc2c(=O)n1N=Cc1cc(Cl)cc(Br)c1O[C@H](C)C(=O)O. The minimum Gasteiger partial charge on any atom is -0.479 e. The average Bonchev–Trinajstić information content (AvgIpc) is 2.74. The van der Waals surface area contributed by atoms with Crippen LogP contribution >= 0.6 is 43.5 Å². The van der Waals surface area contributed by atoms with Crippen molar-refractivity contribution in [3.05, 3.63) is 66.0 Å². The number of aliphatic carboxylic acids is 1. The van der Waals surface area contributed by atoms with Crippen molar-refractivity contribution in [1.82, 2.24) is 9.66 Å². The molecule has 0 bridgehead atoms. The first-order chi connectivity index (χ1) is 15.1. The van der Waals surface area contributed by atoms with Crippen LogP contribution in [0.1, 0.15) is 44.5 Å². The molecule has 0 amide bonds. The zero-order valence-electron chi connectivity index (χ0n) is 17.5. The van der Waals surface area contributed by atoms with Gasteiger partial charge in [0.1, 0.15) is 11.6 Å². The topological polar surface area (TPSA) is 93.8 Å². The van der Waals surface area contributed by atoms with E-state index in [2.05, 4.69) is 41.9 Å². The fourth-order valence-corrected chi connectivity index (χ4v) is 4.22. The van der Waals surface area contributed by atoms with Gasteiger partial charge in [-0.2, -0.15) is 9.78 Å². The van der Waals surface area contributed by atoms with Gasteiger partial charge in [0.15, 0.2) is 6.10 Å². The van der Waals surface area contributed by atoms with Crippen LogP contribution in [0.25, 0.3) is 10.9 Å². The molecule has 2 aromatic carbocycles. The van der Waals surface area contributed by atoms with E-state index in [0.717, 1.165) is 10.9 Å². The molecule has 0 aliphatic rings. The smallest absolute Gasteiger partial charge is 0.344 e. The number of hydrogen-bond acceptors (Lipinski definition) is 5. The van der Waals surface area contributed by atoms with Crippen LogP contribution in [-0.2, 0) is 4.79 Å². The highest BCUT2D eigenvalue weighted by Crippen LogP contribution is 2.33. The number of benzene rings is 2. The molecule has 0 aliphatic heterocycles. The van der Waals surface area contributed by atoms with Crippen LogP contribution < -0.4 is 10.3 Å². The van der Waals surface area contributed by atoms with Crippen LogP contribution in [0.5, 0.6) is 5.75 Å². The van der Waals surface area contributed by atoms with Gasteiger partial charge in [-0.15, -0.1) is 0 Å². The highest BCUT2D eigenvalue weighted by atomic mass is 79.9. The Kier molecular flexibility index (Phi) is 7.74. The van der Waals surface area contributed by atoms with Crippen molar-refractivity contribution >= 4 is 66.5 Å². The van der Waals surface area contributed by atoms with E-state index in [-0.39, 0.29) is 17.2 Å². The summed E-state index contributed by atoms with van der Waals surface area (Å²) in [5, 5.41) is 14.4. The molecule has 0 spiro atoms. The largest absolute Gasteiger partial charge is 0.479 e. The Hall–Kier alpha value is -2.23. The number of carboxylic acid groups (broad SMARTS) is 1. The molecule has 1 heterocycles. The maximum Gasteiger partial charge on any atom is 0.344 e. The summed E-state index contributed by atoms with van der Waals surface area (Å²) in [7, 11) is 0. The molecule has 0 unspecified atom stereocenters. The molecule has 0 radical (unpaired) electrons. The van der Waals surface area contributed by atoms with E-state index in [1.54, 1.807) is 24.3 Å². The number of ether oxygens (including phenoxy) is 1. The molecule has 168 valence electrons. The lowest BCUT2D eigenvalue weighted by Gasteiger charge is -2.16. The molecule has 32 heavy (non-hydrogen) atoms. The zero-order valence-corrected chi connectivity index (χ0v) is 21.4. The molecule has 7 nitrogen and oxygen atoms in total. The zero-order chi connectivity index (χ0) is 23.6. The Morgan fingerprint density at radius 2 is 2.03 bits per heavy atom. The number of aromatic nitrogens is 2. The molecule has 0 aliphatic carbocycles. The number of halogens is 3. The Morgan fingerprint density at radius 3 is 2.69 bits per heavy atom. The van der Waals surface area contributed by atoms with Crippen molar-refractivity contribution in [3.8, 4) is 5.75 Å². The van der Waals surface area contributed by atoms with Gasteiger partial charge in [0.05, 0.1) is 21.6 Å². The van der Waals surface area contributed by atoms with Gasteiger partial charge in [0.2, 0.25) is 0 Å². The van der Waals surface area contributed by atoms with Crippen LogP contribution in [0.4, 0.5) is 0 Å².